The van der Waals surface area contributed by atoms with Gasteiger partial charge in [-0.05, 0) is 142 Å². The second-order valence-corrected chi connectivity index (χ2v) is 15.0. The maximum absolute atomic E-state index is 5.34. The van der Waals surface area contributed by atoms with Crippen LogP contribution in [-0.4, -0.2) is 11.6 Å². The van der Waals surface area contributed by atoms with Gasteiger partial charge in [0.15, 0.2) is 0 Å². The molecule has 7 aromatic rings. The molecule has 8 rings (SSSR count). The number of terminal acetylenes is 1. The average molecular weight is 791 g/mol. The lowest BCUT2D eigenvalue weighted by molar-refractivity contribution is 0.926. The summed E-state index contributed by atoms with van der Waals surface area (Å²) >= 11 is 0. The number of fused-ring (bicyclic) bond motifs is 3. The quantitative estimate of drug-likeness (QED) is 0.0605. The molecule has 0 spiro atoms. The Morgan fingerprint density at radius 2 is 1.25 bits per heavy atom. The van der Waals surface area contributed by atoms with Crippen LogP contribution in [0, 0.1) is 12.3 Å². The smallest absolute Gasteiger partial charge is 0.0534 e. The summed E-state index contributed by atoms with van der Waals surface area (Å²) in [6.07, 6.45) is 22.8. The highest BCUT2D eigenvalue weighted by Crippen LogP contribution is 2.53. The van der Waals surface area contributed by atoms with E-state index in [0.29, 0.717) is 5.92 Å². The minimum absolute atomic E-state index is 0.465. The molecule has 0 aliphatic heterocycles. The number of hydrogen-bond acceptors (Lipinski definition) is 1. The number of allylic oxidation sites excluding steroid dienone is 9. The molecule has 0 bridgehead atoms. The fourth-order valence-electron chi connectivity index (χ4n) is 8.25. The molecule has 1 aliphatic carbocycles. The highest BCUT2D eigenvalue weighted by Gasteiger charge is 2.39. The van der Waals surface area contributed by atoms with Crippen LogP contribution in [-0.2, 0) is 0 Å². The predicted octanol–water partition coefficient (Wildman–Crippen LogP) is 15.9. The lowest BCUT2D eigenvalue weighted by Crippen LogP contribution is -2.16. The first-order valence-electron chi connectivity index (χ1n) is 21.3. The molecule has 0 fully saturated rings. The van der Waals surface area contributed by atoms with Gasteiger partial charge in [-0.15, -0.1) is 13.0 Å². The normalized spacial score (nSPS) is 13.4. The molecule has 0 saturated carbocycles. The molecular weight excluding hydrogens is 737 g/mol. The van der Waals surface area contributed by atoms with Crippen molar-refractivity contribution in [3.05, 3.63) is 230 Å². The van der Waals surface area contributed by atoms with E-state index in [9.17, 15) is 0 Å². The monoisotopic (exact) mass is 790 g/mol. The summed E-state index contributed by atoms with van der Waals surface area (Å²) in [5, 5.41) is 1.35. The maximum atomic E-state index is 5.34. The summed E-state index contributed by atoms with van der Waals surface area (Å²) < 4.78 is 2.45. The van der Waals surface area contributed by atoms with Crippen molar-refractivity contribution < 1.29 is 0 Å². The summed E-state index contributed by atoms with van der Waals surface area (Å²) in [4.78, 5) is 2.23. The molecule has 0 N–H and O–H groups in total. The molecule has 1 atom stereocenters. The first kappa shape index (κ1) is 41.8. The Hall–Kier alpha value is -7.34. The van der Waals surface area contributed by atoms with Crippen molar-refractivity contribution in [1.82, 2.24) is 4.57 Å². The topological polar surface area (TPSA) is 8.17 Å². The summed E-state index contributed by atoms with van der Waals surface area (Å²) in [5.74, 6) is 2.99. The maximum Gasteiger partial charge on any atom is 0.0534 e. The van der Waals surface area contributed by atoms with Gasteiger partial charge in [0.25, 0.3) is 0 Å². The highest BCUT2D eigenvalue weighted by atomic mass is 15.1. The predicted molar refractivity (Wildman–Crippen MR) is 265 cm³/mol. The number of likely N-dealkylation sites (N-methyl/N-ethyl adjacent to an activating group) is 1. The van der Waals surface area contributed by atoms with Crippen LogP contribution >= 0.6 is 0 Å². The molecule has 2 nitrogen and oxygen atoms in total. The van der Waals surface area contributed by atoms with Crippen molar-refractivity contribution in [1.29, 1.82) is 0 Å². The molecule has 1 aromatic heterocycles. The number of hydrogen-bond donors (Lipinski definition) is 0. The van der Waals surface area contributed by atoms with Gasteiger partial charge in [0.05, 0.1) is 5.52 Å². The van der Waals surface area contributed by atoms with Crippen LogP contribution in [0.3, 0.4) is 0 Å². The summed E-state index contributed by atoms with van der Waals surface area (Å²) in [7, 11) is 2.11. The fourth-order valence-corrected chi connectivity index (χ4v) is 8.25. The zero-order valence-corrected chi connectivity index (χ0v) is 35.9. The molecule has 1 heterocycles. The van der Waals surface area contributed by atoms with Gasteiger partial charge in [-0.25, -0.2) is 0 Å². The molecule has 0 radical (unpaired) electrons. The van der Waals surface area contributed by atoms with Crippen molar-refractivity contribution in [3.8, 4) is 62.5 Å². The zero-order chi connectivity index (χ0) is 42.7. The van der Waals surface area contributed by atoms with Gasteiger partial charge in [-0.3, -0.25) is 0 Å². The minimum atomic E-state index is 0.465. The van der Waals surface area contributed by atoms with E-state index in [1.807, 2.05) is 44.2 Å². The second-order valence-electron chi connectivity index (χ2n) is 15.0. The van der Waals surface area contributed by atoms with Gasteiger partial charge in [-0.1, -0.05) is 154 Å². The van der Waals surface area contributed by atoms with Crippen LogP contribution in [0.15, 0.2) is 219 Å². The summed E-state index contributed by atoms with van der Waals surface area (Å²) in [5.41, 5.74) is 18.3. The molecule has 2 heteroatoms. The first-order valence-corrected chi connectivity index (χ1v) is 21.3. The summed E-state index contributed by atoms with van der Waals surface area (Å²) in [6.45, 7) is 14.1. The van der Waals surface area contributed by atoms with Crippen molar-refractivity contribution in [3.63, 3.8) is 0 Å². The molecule has 0 amide bonds. The largest absolute Gasteiger partial charge is 0.345 e. The third kappa shape index (κ3) is 9.13. The number of aromatic nitrogens is 1. The first-order chi connectivity index (χ1) is 30.0. The van der Waals surface area contributed by atoms with Gasteiger partial charge in [0.1, 0.15) is 0 Å². The number of para-hydroxylation sites is 1. The van der Waals surface area contributed by atoms with E-state index in [0.717, 1.165) is 24.2 Å². The molecule has 61 heavy (non-hydrogen) atoms. The Bertz CT molecular complexity index is 2810. The molecule has 300 valence electrons. The van der Waals surface area contributed by atoms with Gasteiger partial charge in [0.2, 0.25) is 0 Å². The van der Waals surface area contributed by atoms with Gasteiger partial charge in [-0.2, -0.15) is 0 Å². The van der Waals surface area contributed by atoms with Crippen molar-refractivity contribution >= 4 is 16.6 Å². The van der Waals surface area contributed by atoms with E-state index in [2.05, 4.69) is 200 Å². The van der Waals surface area contributed by atoms with Crippen LogP contribution < -0.4 is 4.90 Å². The third-order valence-electron chi connectivity index (χ3n) is 11.3. The molecule has 0 saturated heterocycles. The third-order valence-corrected chi connectivity index (χ3v) is 11.3. The van der Waals surface area contributed by atoms with Crippen LogP contribution in [0.2, 0.25) is 0 Å². The van der Waals surface area contributed by atoms with Crippen molar-refractivity contribution in [2.45, 2.75) is 39.5 Å². The Kier molecular flexibility index (Phi) is 13.4. The van der Waals surface area contributed by atoms with E-state index in [1.165, 1.54) is 77.9 Å². The van der Waals surface area contributed by atoms with Crippen molar-refractivity contribution in [2.24, 2.45) is 0 Å². The number of anilines is 1. The molecule has 1 unspecified atom stereocenters. The molecule has 1 aliphatic rings. The van der Waals surface area contributed by atoms with Crippen LogP contribution in [0.1, 0.15) is 50.8 Å². The SMILES string of the molecule is C#C/C=C\C=C/C/C(C)=C(/C=C\C=C)N(C)c1ccc(-c2cccc(-c3cc(-c4ccccc4)cc(-c4ccc(-n5c6c(c7ccccc75)C6CC=C)cc4)c3)c2)cc1.CC. The van der Waals surface area contributed by atoms with Gasteiger partial charge < -0.3 is 9.47 Å². The second kappa shape index (κ2) is 19.6. The molecule has 6 aromatic carbocycles. The van der Waals surface area contributed by atoms with E-state index >= 15 is 0 Å². The van der Waals surface area contributed by atoms with Crippen LogP contribution in [0.5, 0.6) is 0 Å². The number of nitrogens with zero attached hydrogens (tertiary/aromatic N) is 2. The van der Waals surface area contributed by atoms with Gasteiger partial charge >= 0.3 is 0 Å². The minimum Gasteiger partial charge on any atom is -0.345 e. The standard InChI is InChI=1S/C57H48N2.C2H6/c1-6-9-11-12-14-21-41(4)54(27-10-7-2)58(5)50-33-29-43(30-34-50)45-24-19-25-46(37-45)49-39-47(42-22-15-13-16-23-42)38-48(40-49)44-31-35-51(36-32-44)59-55-28-18-17-26-52(55)56-53(20-8-3)57(56)59;1-2/h1,7-19,22-40,53H,2-3,20-21H2,4-5H3;1-2H3/b11-9-,14-12-,27-10-,54-41-;. The fraction of sp³-hybridized carbons (Fsp3) is 0.119. The van der Waals surface area contributed by atoms with Crippen molar-refractivity contribution in [2.75, 3.05) is 11.9 Å². The Balaban J connectivity index is 0.00000277. The molecular formula is C59H54N2. The van der Waals surface area contributed by atoms with E-state index in [-0.39, 0.29) is 0 Å². The van der Waals surface area contributed by atoms with E-state index in [4.69, 9.17) is 6.42 Å². The lowest BCUT2D eigenvalue weighted by Gasteiger charge is -2.23. The number of benzene rings is 6. The van der Waals surface area contributed by atoms with Gasteiger partial charge in [0, 0.05) is 41.1 Å². The van der Waals surface area contributed by atoms with Crippen LogP contribution in [0.4, 0.5) is 5.69 Å². The lowest BCUT2D eigenvalue weighted by atomic mass is 9.92. The Labute approximate surface area is 363 Å². The van der Waals surface area contributed by atoms with E-state index in [1.54, 1.807) is 6.08 Å². The zero-order valence-electron chi connectivity index (χ0n) is 35.9. The van der Waals surface area contributed by atoms with Crippen LogP contribution in [0.25, 0.3) is 61.1 Å². The Morgan fingerprint density at radius 3 is 1.92 bits per heavy atom. The highest BCUT2D eigenvalue weighted by molar-refractivity contribution is 5.94. The van der Waals surface area contributed by atoms with E-state index < -0.39 is 0 Å². The number of rotatable bonds is 14. The Morgan fingerprint density at radius 1 is 0.672 bits per heavy atom. The summed E-state index contributed by atoms with van der Waals surface area (Å²) in [6, 6.07) is 53.2. The average Bonchev–Trinajstić information content (AvgIpc) is 3.90.